The van der Waals surface area contributed by atoms with E-state index in [2.05, 4.69) is 6.58 Å². The van der Waals surface area contributed by atoms with Crippen LogP contribution in [0.4, 0.5) is 0 Å². The minimum absolute atomic E-state index is 0.0466. The zero-order valence-electron chi connectivity index (χ0n) is 24.6. The second-order valence-corrected chi connectivity index (χ2v) is 13.1. The Morgan fingerprint density at radius 1 is 1.00 bits per heavy atom. The molecule has 0 saturated heterocycles. The Balaban J connectivity index is 1.69. The lowest BCUT2D eigenvalue weighted by molar-refractivity contribution is -0.191. The van der Waals surface area contributed by atoms with Gasteiger partial charge in [-0.25, -0.2) is 4.79 Å². The zero-order chi connectivity index (χ0) is 30.1. The second-order valence-electron chi connectivity index (χ2n) is 13.1. The molecule has 5 rings (SSSR count). The molecule has 0 amide bonds. The number of benzene rings is 1. The van der Waals surface area contributed by atoms with Gasteiger partial charge in [-0.2, -0.15) is 0 Å². The summed E-state index contributed by atoms with van der Waals surface area (Å²) in [4.78, 5) is 52.0. The number of Topliss-reactive ketones (excluding diaryl/α,β-unsaturated/α-hetero) is 1. The zero-order valence-corrected chi connectivity index (χ0v) is 24.6. The molecule has 0 aliphatic heterocycles. The quantitative estimate of drug-likeness (QED) is 0.242. The van der Waals surface area contributed by atoms with E-state index in [-0.39, 0.29) is 12.2 Å². The van der Waals surface area contributed by atoms with Crippen molar-refractivity contribution in [2.45, 2.75) is 85.2 Å². The fraction of sp³-hybridized carbons (Fsp3) is 0.576. The Labute approximate surface area is 241 Å². The summed E-state index contributed by atoms with van der Waals surface area (Å²) >= 11 is 0. The van der Waals surface area contributed by atoms with Gasteiger partial charge in [-0.3, -0.25) is 14.4 Å². The number of rotatable bonds is 5. The van der Waals surface area contributed by atoms with E-state index >= 15 is 0 Å². The minimum Gasteiger partial charge on any atom is -0.461 e. The van der Waals surface area contributed by atoms with Crippen LogP contribution in [0.5, 0.6) is 0 Å². The molecule has 41 heavy (non-hydrogen) atoms. The van der Waals surface area contributed by atoms with E-state index in [1.807, 2.05) is 58.0 Å². The molecule has 0 heterocycles. The second kappa shape index (κ2) is 9.65. The molecule has 1 N–H and O–H groups in total. The summed E-state index contributed by atoms with van der Waals surface area (Å²) in [6, 6.07) is 9.37. The van der Waals surface area contributed by atoms with Crippen molar-refractivity contribution >= 4 is 29.8 Å². The van der Waals surface area contributed by atoms with Crippen molar-refractivity contribution in [1.82, 2.24) is 0 Å². The van der Waals surface area contributed by atoms with Gasteiger partial charge in [-0.15, -0.1) is 0 Å². The number of ether oxygens (including phenoxy) is 3. The molecule has 2 spiro atoms. The molecule has 9 atom stereocenters. The third-order valence-corrected chi connectivity index (χ3v) is 11.2. The fourth-order valence-electron chi connectivity index (χ4n) is 9.83. The average Bonchev–Trinajstić information content (AvgIpc) is 3.14. The first-order valence-electron chi connectivity index (χ1n) is 14.4. The van der Waals surface area contributed by atoms with Gasteiger partial charge in [0.25, 0.3) is 0 Å². The van der Waals surface area contributed by atoms with Crippen LogP contribution in [-0.2, 0) is 33.4 Å². The highest BCUT2D eigenvalue weighted by molar-refractivity contribution is 5.88. The molecule has 0 aromatic heterocycles. The monoisotopic (exact) mass is 564 g/mol. The van der Waals surface area contributed by atoms with Gasteiger partial charge in [-0.05, 0) is 35.5 Å². The van der Waals surface area contributed by atoms with E-state index in [0.29, 0.717) is 18.4 Å². The summed E-state index contributed by atoms with van der Waals surface area (Å²) in [6.45, 7) is 14.9. The number of carbonyl (C=O) groups excluding carboxylic acids is 4. The van der Waals surface area contributed by atoms with Crippen molar-refractivity contribution in [1.29, 1.82) is 0 Å². The first kappa shape index (κ1) is 29.2. The molecule has 4 fully saturated rings. The van der Waals surface area contributed by atoms with Crippen LogP contribution in [0.25, 0.3) is 6.08 Å². The van der Waals surface area contributed by atoms with Crippen molar-refractivity contribution < 1.29 is 38.5 Å². The predicted octanol–water partition coefficient (Wildman–Crippen LogP) is 4.44. The van der Waals surface area contributed by atoms with Gasteiger partial charge in [0.05, 0.1) is 11.5 Å². The minimum atomic E-state index is -1.22. The molecule has 0 radical (unpaired) electrons. The van der Waals surface area contributed by atoms with E-state index in [1.165, 1.54) is 19.9 Å². The summed E-state index contributed by atoms with van der Waals surface area (Å²) in [7, 11) is 0. The molecule has 1 aromatic rings. The smallest absolute Gasteiger partial charge is 0.331 e. The fourth-order valence-corrected chi connectivity index (χ4v) is 9.83. The first-order valence-corrected chi connectivity index (χ1v) is 14.4. The normalized spacial score (nSPS) is 40.6. The standard InChI is InChI=1S/C33H40O8/c1-18-24(36)17-23-28(39-20(3)34)33-19(2)25(41-26(37)14-13-22-11-9-8-10-12-22)15-16-31(33,7)27(38)29(40-21(4)35)32(18,33)30(23,5)6/h8-14,18,23,25,27-29,38H,2,15-17H2,1,3-7H3/t18-,23+,25-,27-,28+,29-,31-,32+,33+/m0/s1. The van der Waals surface area contributed by atoms with Crippen molar-refractivity contribution in [3.8, 4) is 0 Å². The van der Waals surface area contributed by atoms with Crippen LogP contribution in [0, 0.1) is 33.5 Å². The predicted molar refractivity (Wildman–Crippen MR) is 150 cm³/mol. The topological polar surface area (TPSA) is 116 Å². The third-order valence-electron chi connectivity index (χ3n) is 11.2. The maximum atomic E-state index is 13.7. The SMILES string of the molecule is C=C1[C@@H](OC(=O)C=Cc2ccccc2)CC[C@@]2(C)[C@@H](O)[C@H](OC(C)=O)[C@@]34[C@@H](C)C(=O)C[C@H]([C@@H](OC(C)=O)[C@@]132)C4(C)C. The van der Waals surface area contributed by atoms with Crippen LogP contribution in [-0.4, -0.2) is 53.2 Å². The van der Waals surface area contributed by atoms with Crippen molar-refractivity contribution in [2.24, 2.45) is 33.5 Å². The lowest BCUT2D eigenvalue weighted by Gasteiger charge is -2.60. The Morgan fingerprint density at radius 3 is 2.22 bits per heavy atom. The molecule has 2 bridgehead atoms. The number of fused-ring (bicyclic) bond motifs is 1. The Kier molecular flexibility index (Phi) is 6.88. The van der Waals surface area contributed by atoms with Gasteiger partial charge in [0.1, 0.15) is 24.1 Å². The molecule has 4 saturated carbocycles. The molecule has 4 aliphatic rings. The number of esters is 3. The lowest BCUT2D eigenvalue weighted by atomic mass is 9.42. The van der Waals surface area contributed by atoms with Gasteiger partial charge in [0.2, 0.25) is 0 Å². The van der Waals surface area contributed by atoms with Gasteiger partial charge < -0.3 is 19.3 Å². The molecule has 0 unspecified atom stereocenters. The highest BCUT2D eigenvalue weighted by Crippen LogP contribution is 2.86. The highest BCUT2D eigenvalue weighted by atomic mass is 16.6. The highest BCUT2D eigenvalue weighted by Gasteiger charge is 2.91. The Morgan fingerprint density at radius 2 is 1.61 bits per heavy atom. The molecule has 1 aromatic carbocycles. The largest absolute Gasteiger partial charge is 0.461 e. The average molecular weight is 565 g/mol. The molecule has 8 nitrogen and oxygen atoms in total. The Bertz CT molecular complexity index is 1330. The van der Waals surface area contributed by atoms with Crippen LogP contribution >= 0.6 is 0 Å². The van der Waals surface area contributed by atoms with Crippen LogP contribution in [0.15, 0.2) is 48.6 Å². The first-order chi connectivity index (χ1) is 19.2. The van der Waals surface area contributed by atoms with Gasteiger partial charge >= 0.3 is 17.9 Å². The molecular formula is C33H40O8. The maximum Gasteiger partial charge on any atom is 0.331 e. The summed E-state index contributed by atoms with van der Waals surface area (Å²) < 4.78 is 18.2. The van der Waals surface area contributed by atoms with E-state index in [1.54, 1.807) is 6.08 Å². The molecule has 220 valence electrons. The number of hydrogen-bond acceptors (Lipinski definition) is 8. The number of aliphatic hydroxyl groups excluding tert-OH is 1. The molecule has 4 aliphatic carbocycles. The summed E-state index contributed by atoms with van der Waals surface area (Å²) in [5.74, 6) is -2.79. The van der Waals surface area contributed by atoms with Crippen molar-refractivity contribution in [3.63, 3.8) is 0 Å². The number of carbonyl (C=O) groups is 4. The van der Waals surface area contributed by atoms with Gasteiger partial charge in [-0.1, -0.05) is 64.6 Å². The summed E-state index contributed by atoms with van der Waals surface area (Å²) in [6.07, 6.45) is 0.0763. The van der Waals surface area contributed by atoms with E-state index in [9.17, 15) is 24.3 Å². The third kappa shape index (κ3) is 3.62. The van der Waals surface area contributed by atoms with E-state index < -0.39 is 75.8 Å². The maximum absolute atomic E-state index is 13.7. The van der Waals surface area contributed by atoms with Crippen LogP contribution in [0.1, 0.15) is 66.4 Å². The van der Waals surface area contributed by atoms with Crippen LogP contribution in [0.2, 0.25) is 0 Å². The Hall–Kier alpha value is -3.26. The number of hydrogen-bond donors (Lipinski definition) is 1. The van der Waals surface area contributed by atoms with Crippen LogP contribution in [0.3, 0.4) is 0 Å². The van der Waals surface area contributed by atoms with Crippen molar-refractivity contribution in [2.75, 3.05) is 0 Å². The number of aliphatic hydroxyl groups is 1. The van der Waals surface area contributed by atoms with Gasteiger partial charge in [0, 0.05) is 49.0 Å². The van der Waals surface area contributed by atoms with E-state index in [0.717, 1.165) is 5.56 Å². The number of ketones is 1. The lowest BCUT2D eigenvalue weighted by Crippen LogP contribution is -2.63. The summed E-state index contributed by atoms with van der Waals surface area (Å²) in [5.41, 5.74) is -2.81. The van der Waals surface area contributed by atoms with E-state index in [4.69, 9.17) is 14.2 Å². The molecular weight excluding hydrogens is 524 g/mol. The molecule has 8 heteroatoms. The van der Waals surface area contributed by atoms with Crippen molar-refractivity contribution in [3.05, 3.63) is 54.1 Å². The van der Waals surface area contributed by atoms with Crippen LogP contribution < -0.4 is 0 Å². The van der Waals surface area contributed by atoms with Gasteiger partial charge in [0.15, 0.2) is 0 Å². The summed E-state index contributed by atoms with van der Waals surface area (Å²) in [5, 5.41) is 12.1.